The van der Waals surface area contributed by atoms with Gasteiger partial charge < -0.3 is 14.2 Å². The van der Waals surface area contributed by atoms with Gasteiger partial charge in [0.1, 0.15) is 13.2 Å². The second-order valence-electron chi connectivity index (χ2n) is 21.7. The predicted octanol–water partition coefficient (Wildman–Crippen LogP) is 21.3. The minimum atomic E-state index is -0.764. The maximum atomic E-state index is 12.9. The lowest BCUT2D eigenvalue weighted by molar-refractivity contribution is -0.167. The summed E-state index contributed by atoms with van der Waals surface area (Å²) < 4.78 is 16.9. The van der Waals surface area contributed by atoms with Crippen LogP contribution in [0, 0.1) is 0 Å². The molecule has 0 fully saturated rings. The van der Waals surface area contributed by atoms with Gasteiger partial charge in [0.2, 0.25) is 0 Å². The molecule has 0 aromatic rings. The summed E-state index contributed by atoms with van der Waals surface area (Å²) in [4.78, 5) is 38.2. The lowest BCUT2D eigenvalue weighted by Crippen LogP contribution is -2.30. The second kappa shape index (κ2) is 59.7. The molecule has 0 N–H and O–H groups in total. The Morgan fingerprint density at radius 3 is 0.714 bits per heavy atom. The zero-order chi connectivity index (χ0) is 50.7. The first-order valence-electron chi connectivity index (χ1n) is 31.7. The molecule has 0 rings (SSSR count). The topological polar surface area (TPSA) is 78.9 Å². The van der Waals surface area contributed by atoms with E-state index in [-0.39, 0.29) is 31.1 Å². The number of allylic oxidation sites excluding steroid dienone is 2. The van der Waals surface area contributed by atoms with Gasteiger partial charge in [-0.15, -0.1) is 0 Å². The molecule has 0 aromatic heterocycles. The largest absolute Gasteiger partial charge is 0.462 e. The van der Waals surface area contributed by atoms with E-state index in [2.05, 4.69) is 32.9 Å². The fraction of sp³-hybridized carbons (Fsp3) is 0.922. The summed E-state index contributed by atoms with van der Waals surface area (Å²) in [5.41, 5.74) is 0. The van der Waals surface area contributed by atoms with Gasteiger partial charge in [-0.1, -0.05) is 309 Å². The molecule has 414 valence electrons. The van der Waals surface area contributed by atoms with Crippen LogP contribution in [0.5, 0.6) is 0 Å². The van der Waals surface area contributed by atoms with Gasteiger partial charge in [0.15, 0.2) is 6.10 Å². The van der Waals surface area contributed by atoms with Crippen LogP contribution in [0.1, 0.15) is 361 Å². The number of hydrogen-bond acceptors (Lipinski definition) is 6. The minimum absolute atomic E-state index is 0.0631. The van der Waals surface area contributed by atoms with Crippen LogP contribution in [-0.2, 0) is 28.6 Å². The van der Waals surface area contributed by atoms with E-state index in [4.69, 9.17) is 14.2 Å². The molecule has 70 heavy (non-hydrogen) atoms. The van der Waals surface area contributed by atoms with Crippen LogP contribution in [0.15, 0.2) is 12.2 Å². The summed E-state index contributed by atoms with van der Waals surface area (Å²) in [6.45, 7) is 6.70. The highest BCUT2D eigenvalue weighted by molar-refractivity contribution is 5.71. The lowest BCUT2D eigenvalue weighted by atomic mass is 10.0. The number of carbonyl (C=O) groups is 3. The summed E-state index contributed by atoms with van der Waals surface area (Å²) in [6.07, 6.45) is 69.3. The third-order valence-electron chi connectivity index (χ3n) is 14.5. The van der Waals surface area contributed by atoms with Crippen LogP contribution in [0.2, 0.25) is 0 Å². The molecule has 0 bridgehead atoms. The van der Waals surface area contributed by atoms with Gasteiger partial charge in [-0.05, 0) is 44.9 Å². The summed E-state index contributed by atoms with van der Waals surface area (Å²) in [6, 6.07) is 0. The molecule has 0 aliphatic rings. The zero-order valence-electron chi connectivity index (χ0n) is 47.6. The molecule has 1 unspecified atom stereocenters. The third kappa shape index (κ3) is 57.1. The Kier molecular flexibility index (Phi) is 58.1. The maximum Gasteiger partial charge on any atom is 0.306 e. The Balaban J connectivity index is 4.19. The monoisotopic (exact) mass is 987 g/mol. The quantitative estimate of drug-likeness (QED) is 0.0261. The number of esters is 3. The Morgan fingerprint density at radius 2 is 0.471 bits per heavy atom. The highest BCUT2D eigenvalue weighted by atomic mass is 16.6. The van der Waals surface area contributed by atoms with E-state index in [1.165, 1.54) is 263 Å². The van der Waals surface area contributed by atoms with Gasteiger partial charge in [0, 0.05) is 19.3 Å². The van der Waals surface area contributed by atoms with E-state index >= 15 is 0 Å². The zero-order valence-corrected chi connectivity index (χ0v) is 47.6. The summed E-state index contributed by atoms with van der Waals surface area (Å²) in [5, 5.41) is 0. The molecule has 0 saturated heterocycles. The molecule has 0 aliphatic carbocycles. The average molecular weight is 988 g/mol. The fourth-order valence-electron chi connectivity index (χ4n) is 9.74. The molecule has 0 radical (unpaired) electrons. The van der Waals surface area contributed by atoms with Gasteiger partial charge in [0.25, 0.3) is 0 Å². The van der Waals surface area contributed by atoms with Crippen LogP contribution >= 0.6 is 0 Å². The Bertz CT molecular complexity index is 1090. The van der Waals surface area contributed by atoms with Gasteiger partial charge in [0.05, 0.1) is 0 Å². The standard InChI is InChI=1S/C64H122O6/c1-4-7-10-13-16-19-22-25-27-28-29-30-31-32-33-34-35-36-37-40-42-45-48-51-54-57-63(66)69-60-61(59-68-62(65)56-53-50-47-44-41-38-24-21-18-15-12-9-6-3)70-64(67)58-55-52-49-46-43-39-26-23-20-17-14-11-8-5-2/h28-29,61H,4-27,30-60H2,1-3H3/b29-28-. The second-order valence-corrected chi connectivity index (χ2v) is 21.7. The highest BCUT2D eigenvalue weighted by Gasteiger charge is 2.19. The fourth-order valence-corrected chi connectivity index (χ4v) is 9.74. The van der Waals surface area contributed by atoms with E-state index in [1.807, 2.05) is 0 Å². The molecule has 1 atom stereocenters. The molecular formula is C64H122O6. The first-order valence-corrected chi connectivity index (χ1v) is 31.7. The molecule has 0 amide bonds. The van der Waals surface area contributed by atoms with Crippen LogP contribution in [-0.4, -0.2) is 37.2 Å². The smallest absolute Gasteiger partial charge is 0.306 e. The molecule has 0 aliphatic heterocycles. The van der Waals surface area contributed by atoms with Gasteiger partial charge >= 0.3 is 17.9 Å². The molecule has 0 aromatic carbocycles. The van der Waals surface area contributed by atoms with Crippen LogP contribution < -0.4 is 0 Å². The number of hydrogen-bond donors (Lipinski definition) is 0. The first-order chi connectivity index (χ1) is 34.5. The SMILES string of the molecule is CCCCCCCCCC/C=C\CCCCCCCCCCCCCCCC(=O)OCC(COC(=O)CCCCCCCCCCCCCCC)OC(=O)CCCCCCCCCCCCCCCC. The predicted molar refractivity (Wildman–Crippen MR) is 303 cm³/mol. The normalized spacial score (nSPS) is 12.0. The Hall–Kier alpha value is -1.85. The first kappa shape index (κ1) is 68.2. The van der Waals surface area contributed by atoms with E-state index < -0.39 is 6.10 Å². The third-order valence-corrected chi connectivity index (χ3v) is 14.5. The maximum absolute atomic E-state index is 12.9. The molecule has 0 saturated carbocycles. The lowest BCUT2D eigenvalue weighted by Gasteiger charge is -2.18. The highest BCUT2D eigenvalue weighted by Crippen LogP contribution is 2.18. The van der Waals surface area contributed by atoms with Crippen molar-refractivity contribution in [2.75, 3.05) is 13.2 Å². The molecule has 6 heteroatoms. The van der Waals surface area contributed by atoms with Crippen molar-refractivity contribution >= 4 is 17.9 Å². The van der Waals surface area contributed by atoms with Crippen LogP contribution in [0.4, 0.5) is 0 Å². The van der Waals surface area contributed by atoms with Crippen LogP contribution in [0.3, 0.4) is 0 Å². The van der Waals surface area contributed by atoms with Gasteiger partial charge in [-0.2, -0.15) is 0 Å². The number of rotatable bonds is 59. The number of unbranched alkanes of at least 4 members (excludes halogenated alkanes) is 46. The van der Waals surface area contributed by atoms with Crippen molar-refractivity contribution in [3.05, 3.63) is 12.2 Å². The Labute approximate surface area is 437 Å². The van der Waals surface area contributed by atoms with E-state index in [0.717, 1.165) is 57.8 Å². The Morgan fingerprint density at radius 1 is 0.271 bits per heavy atom. The average Bonchev–Trinajstić information content (AvgIpc) is 3.36. The molecule has 6 nitrogen and oxygen atoms in total. The van der Waals surface area contributed by atoms with Gasteiger partial charge in [-0.25, -0.2) is 0 Å². The molecule has 0 heterocycles. The minimum Gasteiger partial charge on any atom is -0.462 e. The van der Waals surface area contributed by atoms with Crippen molar-refractivity contribution in [3.63, 3.8) is 0 Å². The molecular weight excluding hydrogens is 865 g/mol. The number of ether oxygens (including phenoxy) is 3. The van der Waals surface area contributed by atoms with Crippen molar-refractivity contribution in [3.8, 4) is 0 Å². The van der Waals surface area contributed by atoms with Crippen molar-refractivity contribution < 1.29 is 28.6 Å². The van der Waals surface area contributed by atoms with Crippen molar-refractivity contribution in [1.82, 2.24) is 0 Å². The summed E-state index contributed by atoms with van der Waals surface area (Å²) in [7, 11) is 0. The molecule has 0 spiro atoms. The van der Waals surface area contributed by atoms with E-state index in [0.29, 0.717) is 19.3 Å². The van der Waals surface area contributed by atoms with Crippen molar-refractivity contribution in [1.29, 1.82) is 0 Å². The summed E-state index contributed by atoms with van der Waals surface area (Å²) in [5.74, 6) is -0.835. The van der Waals surface area contributed by atoms with E-state index in [9.17, 15) is 14.4 Å². The summed E-state index contributed by atoms with van der Waals surface area (Å²) >= 11 is 0. The van der Waals surface area contributed by atoms with Crippen LogP contribution in [0.25, 0.3) is 0 Å². The van der Waals surface area contributed by atoms with E-state index in [1.54, 1.807) is 0 Å². The van der Waals surface area contributed by atoms with Gasteiger partial charge in [-0.3, -0.25) is 14.4 Å². The van der Waals surface area contributed by atoms with Crippen molar-refractivity contribution in [2.24, 2.45) is 0 Å². The number of carbonyl (C=O) groups excluding carboxylic acids is 3. The van der Waals surface area contributed by atoms with Crippen molar-refractivity contribution in [2.45, 2.75) is 367 Å².